The van der Waals surface area contributed by atoms with Gasteiger partial charge in [-0.05, 0) is 37.8 Å². The summed E-state index contributed by atoms with van der Waals surface area (Å²) in [6, 6.07) is 6.89. The number of aromatic nitrogens is 1. The van der Waals surface area contributed by atoms with Crippen molar-refractivity contribution in [1.29, 1.82) is 0 Å². The fraction of sp³-hybridized carbons (Fsp3) is 0.421. The first kappa shape index (κ1) is 19.4. The molecule has 0 unspecified atom stereocenters. The Morgan fingerprint density at radius 3 is 2.93 bits per heavy atom. The number of carbonyl (C=O) groups excluding carboxylic acids is 2. The van der Waals surface area contributed by atoms with Crippen molar-refractivity contribution in [3.8, 4) is 0 Å². The Morgan fingerprint density at radius 1 is 1.41 bits per heavy atom. The van der Waals surface area contributed by atoms with Crippen LogP contribution in [0.25, 0.3) is 0 Å². The minimum Gasteiger partial charge on any atom is -0.391 e. The molecular formula is C19H22ClN3O4. The number of rotatable bonds is 5. The number of likely N-dealkylation sites (tertiary alicyclic amines) is 1. The van der Waals surface area contributed by atoms with Crippen molar-refractivity contribution in [2.24, 2.45) is 5.92 Å². The summed E-state index contributed by atoms with van der Waals surface area (Å²) in [7, 11) is 0. The summed E-state index contributed by atoms with van der Waals surface area (Å²) in [6.45, 7) is 2.96. The van der Waals surface area contributed by atoms with E-state index in [9.17, 15) is 14.7 Å². The Kier molecular flexibility index (Phi) is 6.13. The van der Waals surface area contributed by atoms with E-state index in [4.69, 9.17) is 16.1 Å². The Bertz CT molecular complexity index is 836. The predicted octanol–water partition coefficient (Wildman–Crippen LogP) is 2.41. The van der Waals surface area contributed by atoms with E-state index in [0.29, 0.717) is 41.5 Å². The Morgan fingerprint density at radius 2 is 2.19 bits per heavy atom. The molecule has 1 aromatic carbocycles. The van der Waals surface area contributed by atoms with E-state index in [0.717, 1.165) is 12.8 Å². The number of halogens is 1. The lowest BCUT2D eigenvalue weighted by Crippen LogP contribution is -2.44. The van der Waals surface area contributed by atoms with Gasteiger partial charge in [-0.3, -0.25) is 9.59 Å². The molecule has 1 aromatic heterocycles. The Labute approximate surface area is 162 Å². The number of nitrogens with one attached hydrogen (secondary N) is 1. The van der Waals surface area contributed by atoms with E-state index in [-0.39, 0.29) is 30.0 Å². The van der Waals surface area contributed by atoms with E-state index >= 15 is 0 Å². The summed E-state index contributed by atoms with van der Waals surface area (Å²) < 4.78 is 5.04. The number of hydrogen-bond acceptors (Lipinski definition) is 5. The number of piperidine rings is 1. The highest BCUT2D eigenvalue weighted by molar-refractivity contribution is 6.33. The molecule has 0 saturated carbocycles. The second-order valence-electron chi connectivity index (χ2n) is 6.67. The van der Waals surface area contributed by atoms with Gasteiger partial charge in [0.25, 0.3) is 11.8 Å². The normalized spacial score (nSPS) is 17.0. The van der Waals surface area contributed by atoms with Crippen LogP contribution in [-0.2, 0) is 6.61 Å². The number of aliphatic hydroxyl groups is 1. The molecule has 0 aliphatic carbocycles. The van der Waals surface area contributed by atoms with Crippen LogP contribution in [0.1, 0.15) is 45.0 Å². The summed E-state index contributed by atoms with van der Waals surface area (Å²) in [5.41, 5.74) is 1.03. The largest absolute Gasteiger partial charge is 0.391 e. The molecule has 0 radical (unpaired) electrons. The number of hydrogen-bond donors (Lipinski definition) is 2. The molecule has 2 heterocycles. The van der Waals surface area contributed by atoms with E-state index in [1.807, 2.05) is 0 Å². The number of amides is 2. The maximum absolute atomic E-state index is 12.7. The first-order chi connectivity index (χ1) is 13.0. The van der Waals surface area contributed by atoms with Crippen molar-refractivity contribution in [3.63, 3.8) is 0 Å². The highest BCUT2D eigenvalue weighted by Gasteiger charge is 2.29. The third kappa shape index (κ3) is 4.31. The molecule has 1 saturated heterocycles. The fourth-order valence-corrected chi connectivity index (χ4v) is 3.51. The highest BCUT2D eigenvalue weighted by Crippen LogP contribution is 2.21. The molecular weight excluding hydrogens is 370 g/mol. The van der Waals surface area contributed by atoms with Gasteiger partial charge in [-0.15, -0.1) is 0 Å². The number of aliphatic hydroxyl groups excluding tert-OH is 1. The van der Waals surface area contributed by atoms with Gasteiger partial charge in [-0.2, -0.15) is 0 Å². The van der Waals surface area contributed by atoms with E-state index < -0.39 is 0 Å². The molecule has 7 nitrogen and oxygen atoms in total. The van der Waals surface area contributed by atoms with Gasteiger partial charge in [0, 0.05) is 19.6 Å². The van der Waals surface area contributed by atoms with E-state index in [2.05, 4.69) is 10.5 Å². The van der Waals surface area contributed by atoms with Crippen LogP contribution in [-0.4, -0.2) is 46.6 Å². The van der Waals surface area contributed by atoms with Gasteiger partial charge in [0.15, 0.2) is 5.69 Å². The molecule has 1 aliphatic heterocycles. The Hall–Kier alpha value is -2.38. The van der Waals surface area contributed by atoms with Crippen molar-refractivity contribution in [3.05, 3.63) is 51.9 Å². The molecule has 0 spiro atoms. The molecule has 1 fully saturated rings. The first-order valence-corrected chi connectivity index (χ1v) is 9.27. The van der Waals surface area contributed by atoms with Crippen LogP contribution in [0.3, 0.4) is 0 Å². The van der Waals surface area contributed by atoms with Crippen LogP contribution in [0.5, 0.6) is 0 Å². The minimum atomic E-state index is -0.290. The topological polar surface area (TPSA) is 95.7 Å². The van der Waals surface area contributed by atoms with Crippen molar-refractivity contribution in [2.75, 3.05) is 19.6 Å². The maximum atomic E-state index is 12.7. The van der Waals surface area contributed by atoms with E-state index in [1.165, 1.54) is 0 Å². The van der Waals surface area contributed by atoms with Gasteiger partial charge in [0.2, 0.25) is 0 Å². The quantitative estimate of drug-likeness (QED) is 0.816. The van der Waals surface area contributed by atoms with E-state index in [1.54, 1.807) is 36.1 Å². The van der Waals surface area contributed by atoms with Crippen LogP contribution >= 0.6 is 11.6 Å². The number of carbonyl (C=O) groups is 2. The molecule has 2 aromatic rings. The van der Waals surface area contributed by atoms with Crippen molar-refractivity contribution < 1.29 is 19.2 Å². The number of nitrogens with zero attached hydrogens (tertiary/aromatic N) is 2. The lowest BCUT2D eigenvalue weighted by molar-refractivity contribution is 0.0658. The van der Waals surface area contributed by atoms with Crippen LogP contribution in [0, 0.1) is 12.8 Å². The third-order valence-corrected chi connectivity index (χ3v) is 5.15. The second-order valence-corrected chi connectivity index (χ2v) is 7.08. The molecule has 27 heavy (non-hydrogen) atoms. The zero-order valence-electron chi connectivity index (χ0n) is 15.1. The lowest BCUT2D eigenvalue weighted by Gasteiger charge is -2.32. The maximum Gasteiger partial charge on any atom is 0.276 e. The van der Waals surface area contributed by atoms with Gasteiger partial charge in [0.05, 0.1) is 22.8 Å². The first-order valence-electron chi connectivity index (χ1n) is 8.89. The lowest BCUT2D eigenvalue weighted by atomic mass is 9.97. The summed E-state index contributed by atoms with van der Waals surface area (Å²) in [5, 5.41) is 16.5. The van der Waals surface area contributed by atoms with Crippen LogP contribution in [0.2, 0.25) is 5.02 Å². The molecule has 1 aliphatic rings. The average molecular weight is 392 g/mol. The number of aryl methyl sites for hydroxylation is 1. The predicted molar refractivity (Wildman–Crippen MR) is 99.6 cm³/mol. The SMILES string of the molecule is Cc1onc(C(=O)N2CCC[C@@H](CNC(=O)c3ccccc3Cl)C2)c1CO. The standard InChI is InChI=1S/C19H22ClN3O4/c1-12-15(11-24)17(22-27-12)19(26)23-8-4-5-13(10-23)9-21-18(25)14-6-2-3-7-16(14)20/h2-3,6-7,13,24H,4-5,8-11H2,1H3,(H,21,25)/t13-/m0/s1. The van der Waals surface area contributed by atoms with Crippen molar-refractivity contribution in [1.82, 2.24) is 15.4 Å². The zero-order chi connectivity index (χ0) is 19.4. The van der Waals surface area contributed by atoms with Crippen molar-refractivity contribution >= 4 is 23.4 Å². The zero-order valence-corrected chi connectivity index (χ0v) is 15.8. The molecule has 2 amide bonds. The molecule has 1 atom stereocenters. The minimum absolute atomic E-state index is 0.139. The molecule has 8 heteroatoms. The summed E-state index contributed by atoms with van der Waals surface area (Å²) in [6.07, 6.45) is 1.75. The third-order valence-electron chi connectivity index (χ3n) is 4.82. The van der Waals surface area contributed by atoms with Crippen LogP contribution in [0.4, 0.5) is 0 Å². The molecule has 2 N–H and O–H groups in total. The highest BCUT2D eigenvalue weighted by atomic mass is 35.5. The van der Waals surface area contributed by atoms with Gasteiger partial charge in [-0.25, -0.2) is 0 Å². The van der Waals surface area contributed by atoms with Gasteiger partial charge in [0.1, 0.15) is 5.76 Å². The monoisotopic (exact) mass is 391 g/mol. The molecule has 144 valence electrons. The summed E-state index contributed by atoms with van der Waals surface area (Å²) in [5.74, 6) is 0.109. The molecule has 3 rings (SSSR count). The van der Waals surface area contributed by atoms with Gasteiger partial charge >= 0.3 is 0 Å². The second kappa shape index (κ2) is 8.54. The smallest absolute Gasteiger partial charge is 0.276 e. The molecule has 0 bridgehead atoms. The number of benzene rings is 1. The average Bonchev–Trinajstić information content (AvgIpc) is 3.06. The Balaban J connectivity index is 1.60. The fourth-order valence-electron chi connectivity index (χ4n) is 3.29. The van der Waals surface area contributed by atoms with Crippen molar-refractivity contribution in [2.45, 2.75) is 26.4 Å². The van der Waals surface area contributed by atoms with Crippen LogP contribution < -0.4 is 5.32 Å². The summed E-state index contributed by atoms with van der Waals surface area (Å²) in [4.78, 5) is 26.7. The summed E-state index contributed by atoms with van der Waals surface area (Å²) >= 11 is 6.05. The van der Waals surface area contributed by atoms with Gasteiger partial charge in [-0.1, -0.05) is 28.9 Å². The van der Waals surface area contributed by atoms with Crippen LogP contribution in [0.15, 0.2) is 28.8 Å². The van der Waals surface area contributed by atoms with Gasteiger partial charge < -0.3 is 19.8 Å².